The molecule has 3 nitrogen and oxygen atoms in total. The summed E-state index contributed by atoms with van der Waals surface area (Å²) in [6, 6.07) is 8.51. The van der Waals surface area contributed by atoms with Gasteiger partial charge < -0.3 is 9.88 Å². The number of hydrogen-bond donors (Lipinski definition) is 1. The van der Waals surface area contributed by atoms with Gasteiger partial charge in [-0.1, -0.05) is 30.4 Å². The van der Waals surface area contributed by atoms with Crippen molar-refractivity contribution in [3.8, 4) is 0 Å². The molecule has 1 saturated heterocycles. The predicted octanol–water partition coefficient (Wildman–Crippen LogP) is 4.23. The summed E-state index contributed by atoms with van der Waals surface area (Å²) in [5.74, 6) is 1.18. The third-order valence-electron chi connectivity index (χ3n) is 5.49. The van der Waals surface area contributed by atoms with Gasteiger partial charge in [0.15, 0.2) is 0 Å². The zero-order valence-electron chi connectivity index (χ0n) is 13.5. The number of allylic oxidation sites excluding steroid dienone is 2. The highest BCUT2D eigenvalue weighted by molar-refractivity contribution is 5.84. The second kappa shape index (κ2) is 6.23. The van der Waals surface area contributed by atoms with Crippen molar-refractivity contribution in [2.75, 3.05) is 13.1 Å². The molecule has 1 aliphatic heterocycles. The fourth-order valence-electron chi connectivity index (χ4n) is 4.12. The van der Waals surface area contributed by atoms with E-state index in [-0.39, 0.29) is 5.92 Å². The number of nitrogens with zero attached hydrogens (tertiary/aromatic N) is 1. The van der Waals surface area contributed by atoms with Crippen molar-refractivity contribution in [1.29, 1.82) is 0 Å². The van der Waals surface area contributed by atoms with Gasteiger partial charge in [-0.15, -0.1) is 0 Å². The maximum atomic E-state index is 12.6. The number of hydrogen-bond acceptors (Lipinski definition) is 1. The summed E-state index contributed by atoms with van der Waals surface area (Å²) in [6.45, 7) is 1.81. The molecule has 3 heteroatoms. The summed E-state index contributed by atoms with van der Waals surface area (Å²) >= 11 is 0. The van der Waals surface area contributed by atoms with Crippen LogP contribution in [0.4, 0.5) is 0 Å². The summed E-state index contributed by atoms with van der Waals surface area (Å²) < 4.78 is 0. The van der Waals surface area contributed by atoms with Crippen molar-refractivity contribution < 1.29 is 4.79 Å². The van der Waals surface area contributed by atoms with E-state index in [1.54, 1.807) is 0 Å². The summed E-state index contributed by atoms with van der Waals surface area (Å²) in [5, 5.41) is 1.34. The van der Waals surface area contributed by atoms with E-state index >= 15 is 0 Å². The minimum atomic E-state index is 0.227. The smallest absolute Gasteiger partial charge is 0.226 e. The molecule has 0 spiro atoms. The number of aromatic nitrogens is 1. The van der Waals surface area contributed by atoms with E-state index in [0.29, 0.717) is 11.8 Å². The van der Waals surface area contributed by atoms with E-state index in [9.17, 15) is 4.79 Å². The quantitative estimate of drug-likeness (QED) is 0.828. The van der Waals surface area contributed by atoms with Crippen LogP contribution in [0.15, 0.2) is 42.6 Å². The number of likely N-dealkylation sites (tertiary alicyclic amines) is 1. The lowest BCUT2D eigenvalue weighted by molar-refractivity contribution is -0.136. The van der Waals surface area contributed by atoms with E-state index in [2.05, 4.69) is 52.5 Å². The van der Waals surface area contributed by atoms with E-state index in [1.165, 1.54) is 16.5 Å². The van der Waals surface area contributed by atoms with Crippen LogP contribution in [-0.4, -0.2) is 28.9 Å². The monoisotopic (exact) mass is 308 g/mol. The van der Waals surface area contributed by atoms with E-state index in [0.717, 1.165) is 45.2 Å². The summed E-state index contributed by atoms with van der Waals surface area (Å²) in [4.78, 5) is 18.1. The molecule has 2 aromatic rings. The number of nitrogens with one attached hydrogen (secondary N) is 1. The van der Waals surface area contributed by atoms with Gasteiger partial charge in [-0.2, -0.15) is 0 Å². The number of para-hydroxylation sites is 1. The first kappa shape index (κ1) is 14.6. The first-order chi connectivity index (χ1) is 11.3. The maximum absolute atomic E-state index is 12.6. The summed E-state index contributed by atoms with van der Waals surface area (Å²) in [7, 11) is 0. The Balaban J connectivity index is 1.43. The molecule has 2 aliphatic rings. The Morgan fingerprint density at radius 1 is 1.09 bits per heavy atom. The molecular formula is C20H24N2O. The third kappa shape index (κ3) is 2.80. The van der Waals surface area contributed by atoms with Crippen LogP contribution >= 0.6 is 0 Å². The first-order valence-corrected chi connectivity index (χ1v) is 8.83. The van der Waals surface area contributed by atoms with Crippen molar-refractivity contribution in [1.82, 2.24) is 9.88 Å². The number of piperidine rings is 1. The number of carbonyl (C=O) groups is 1. The molecule has 1 N–H and O–H groups in total. The second-order valence-corrected chi connectivity index (χ2v) is 6.87. The second-order valence-electron chi connectivity index (χ2n) is 6.87. The van der Waals surface area contributed by atoms with Gasteiger partial charge in [-0.3, -0.25) is 4.79 Å². The highest BCUT2D eigenvalue weighted by atomic mass is 16.2. The van der Waals surface area contributed by atoms with Crippen LogP contribution in [0.5, 0.6) is 0 Å². The number of aromatic amines is 1. The van der Waals surface area contributed by atoms with Gasteiger partial charge >= 0.3 is 0 Å². The van der Waals surface area contributed by atoms with Crippen LogP contribution in [0.25, 0.3) is 10.9 Å². The highest BCUT2D eigenvalue weighted by Gasteiger charge is 2.29. The number of amides is 1. The molecule has 1 fully saturated rings. The van der Waals surface area contributed by atoms with Crippen molar-refractivity contribution in [2.45, 2.75) is 38.0 Å². The van der Waals surface area contributed by atoms with Crippen LogP contribution in [0.2, 0.25) is 0 Å². The maximum Gasteiger partial charge on any atom is 0.226 e. The molecule has 1 aromatic heterocycles. The molecule has 0 radical (unpaired) electrons. The Labute approximate surface area is 137 Å². The topological polar surface area (TPSA) is 36.1 Å². The van der Waals surface area contributed by atoms with Gasteiger partial charge in [-0.25, -0.2) is 0 Å². The lowest BCUT2D eigenvalue weighted by Gasteiger charge is -2.34. The number of rotatable bonds is 2. The van der Waals surface area contributed by atoms with Crippen LogP contribution in [0.1, 0.15) is 43.6 Å². The molecule has 1 amide bonds. The first-order valence-electron chi connectivity index (χ1n) is 8.83. The lowest BCUT2D eigenvalue weighted by Crippen LogP contribution is -2.41. The molecule has 2 heterocycles. The molecule has 0 bridgehead atoms. The number of benzene rings is 1. The lowest BCUT2D eigenvalue weighted by atomic mass is 9.87. The van der Waals surface area contributed by atoms with Crippen molar-refractivity contribution in [3.63, 3.8) is 0 Å². The molecule has 0 saturated carbocycles. The van der Waals surface area contributed by atoms with Gasteiger partial charge in [0.1, 0.15) is 0 Å². The van der Waals surface area contributed by atoms with Crippen molar-refractivity contribution >= 4 is 16.8 Å². The standard InChI is InChI=1S/C20H24N2O/c23-20(16-6-2-1-3-7-16)22-12-10-15(11-13-22)18-14-21-19-9-5-4-8-17(18)19/h1-2,4-5,8-9,14-16,21H,3,6-7,10-13H2. The van der Waals surface area contributed by atoms with Crippen LogP contribution in [0.3, 0.4) is 0 Å². The van der Waals surface area contributed by atoms with Gasteiger partial charge in [0.25, 0.3) is 0 Å². The van der Waals surface area contributed by atoms with Crippen LogP contribution in [0, 0.1) is 5.92 Å². The number of H-pyrrole nitrogens is 1. The van der Waals surface area contributed by atoms with Gasteiger partial charge in [-0.05, 0) is 49.7 Å². The average molecular weight is 308 g/mol. The fraction of sp³-hybridized carbons (Fsp3) is 0.450. The van der Waals surface area contributed by atoms with Crippen LogP contribution < -0.4 is 0 Å². The van der Waals surface area contributed by atoms with Gasteiger partial charge in [0, 0.05) is 36.1 Å². The molecular weight excluding hydrogens is 284 g/mol. The number of fused-ring (bicyclic) bond motifs is 1. The Morgan fingerprint density at radius 3 is 2.70 bits per heavy atom. The van der Waals surface area contributed by atoms with E-state index in [4.69, 9.17) is 0 Å². The predicted molar refractivity (Wildman–Crippen MR) is 93.3 cm³/mol. The highest BCUT2D eigenvalue weighted by Crippen LogP contribution is 2.34. The van der Waals surface area contributed by atoms with Gasteiger partial charge in [0.05, 0.1) is 0 Å². The third-order valence-corrected chi connectivity index (χ3v) is 5.49. The molecule has 120 valence electrons. The summed E-state index contributed by atoms with van der Waals surface area (Å²) in [5.41, 5.74) is 2.64. The largest absolute Gasteiger partial charge is 0.361 e. The molecule has 23 heavy (non-hydrogen) atoms. The minimum absolute atomic E-state index is 0.227. The fourth-order valence-corrected chi connectivity index (χ4v) is 4.12. The molecule has 1 unspecified atom stereocenters. The van der Waals surface area contributed by atoms with Crippen molar-refractivity contribution in [2.24, 2.45) is 5.92 Å². The molecule has 1 aliphatic carbocycles. The molecule has 4 rings (SSSR count). The Morgan fingerprint density at radius 2 is 1.91 bits per heavy atom. The van der Waals surface area contributed by atoms with E-state index < -0.39 is 0 Å². The zero-order chi connectivity index (χ0) is 15.6. The Hall–Kier alpha value is -2.03. The normalized spacial score (nSPS) is 22.6. The molecule has 1 atom stereocenters. The summed E-state index contributed by atoms with van der Waals surface area (Å²) in [6.07, 6.45) is 11.7. The SMILES string of the molecule is O=C(C1CC=CCC1)N1CCC(c2c[nH]c3ccccc23)CC1. The minimum Gasteiger partial charge on any atom is -0.361 e. The van der Waals surface area contributed by atoms with Crippen LogP contribution in [-0.2, 0) is 4.79 Å². The average Bonchev–Trinajstić information content (AvgIpc) is 3.06. The number of carbonyl (C=O) groups excluding carboxylic acids is 1. The zero-order valence-corrected chi connectivity index (χ0v) is 13.5. The van der Waals surface area contributed by atoms with Crippen molar-refractivity contribution in [3.05, 3.63) is 48.2 Å². The van der Waals surface area contributed by atoms with E-state index in [1.807, 2.05) is 0 Å². The van der Waals surface area contributed by atoms with Gasteiger partial charge in [0.2, 0.25) is 5.91 Å². The Bertz CT molecular complexity index is 722. The Kier molecular flexibility index (Phi) is 3.94. The molecule has 1 aromatic carbocycles.